The quantitative estimate of drug-likeness (QED) is 0.313. The Labute approximate surface area is 181 Å². The monoisotopic (exact) mass is 418 g/mol. The number of H-pyrrole nitrogens is 1. The molecular weight excluding hydrogens is 391 g/mol. The molecule has 0 aliphatic carbocycles. The molecule has 3 N–H and O–H groups in total. The van der Waals surface area contributed by atoms with Crippen molar-refractivity contribution in [3.63, 3.8) is 0 Å². The maximum atomic E-state index is 14.6. The zero-order chi connectivity index (χ0) is 21.6. The van der Waals surface area contributed by atoms with Crippen LogP contribution in [0.4, 0.5) is 4.39 Å². The van der Waals surface area contributed by atoms with Crippen LogP contribution in [0.1, 0.15) is 23.9 Å². The van der Waals surface area contributed by atoms with Crippen molar-refractivity contribution in [3.05, 3.63) is 83.8 Å². The second-order valence-corrected chi connectivity index (χ2v) is 7.36. The molecule has 7 heteroatoms. The molecule has 0 spiro atoms. The number of para-hydroxylation sites is 1. The van der Waals surface area contributed by atoms with E-state index in [1.807, 2.05) is 26.0 Å². The highest BCUT2D eigenvalue weighted by Crippen LogP contribution is 2.18. The number of halogens is 1. The third-order valence-corrected chi connectivity index (χ3v) is 5.22. The number of guanidine groups is 1. The average molecular weight is 419 g/mol. The Bertz CT molecular complexity index is 1190. The number of hydrogen-bond acceptors (Lipinski definition) is 2. The van der Waals surface area contributed by atoms with Gasteiger partial charge < -0.3 is 20.2 Å². The molecule has 0 fully saturated rings. The Hall–Kier alpha value is -3.61. The number of aliphatic imine (C=N–C) groups is 1. The van der Waals surface area contributed by atoms with Crippen molar-refractivity contribution < 1.29 is 4.39 Å². The Balaban J connectivity index is 1.39. The second kappa shape index (κ2) is 9.47. The summed E-state index contributed by atoms with van der Waals surface area (Å²) >= 11 is 0. The van der Waals surface area contributed by atoms with Gasteiger partial charge in [0, 0.05) is 42.6 Å². The van der Waals surface area contributed by atoms with Crippen molar-refractivity contribution in [1.29, 1.82) is 0 Å². The van der Waals surface area contributed by atoms with Gasteiger partial charge in [-0.2, -0.15) is 0 Å². The van der Waals surface area contributed by atoms with Gasteiger partial charge in [-0.15, -0.1) is 0 Å². The minimum absolute atomic E-state index is 0.286. The van der Waals surface area contributed by atoms with E-state index in [9.17, 15) is 4.39 Å². The van der Waals surface area contributed by atoms with Crippen molar-refractivity contribution >= 4 is 16.9 Å². The molecule has 0 unspecified atom stereocenters. The van der Waals surface area contributed by atoms with Crippen LogP contribution in [0.25, 0.3) is 16.6 Å². The van der Waals surface area contributed by atoms with Crippen LogP contribution in [0.15, 0.2) is 66.0 Å². The lowest BCUT2D eigenvalue weighted by molar-refractivity contribution is 0.614. The molecule has 0 atom stereocenters. The van der Waals surface area contributed by atoms with E-state index in [0.717, 1.165) is 42.4 Å². The molecule has 4 rings (SSSR count). The minimum atomic E-state index is -0.286. The maximum Gasteiger partial charge on any atom is 0.191 e. The summed E-state index contributed by atoms with van der Waals surface area (Å²) in [6.45, 7) is 5.77. The summed E-state index contributed by atoms with van der Waals surface area (Å²) in [6, 6.07) is 13.5. The molecule has 0 aliphatic rings. The first-order valence-electron chi connectivity index (χ1n) is 10.5. The fourth-order valence-electron chi connectivity index (χ4n) is 3.64. The third kappa shape index (κ3) is 4.77. The number of rotatable bonds is 7. The molecule has 2 aromatic carbocycles. The van der Waals surface area contributed by atoms with Crippen molar-refractivity contribution in [2.45, 2.75) is 26.8 Å². The first kappa shape index (κ1) is 20.7. The Morgan fingerprint density at radius 2 is 2.06 bits per heavy atom. The Morgan fingerprint density at radius 3 is 2.84 bits per heavy atom. The molecule has 0 aliphatic heterocycles. The summed E-state index contributed by atoms with van der Waals surface area (Å²) < 4.78 is 16.4. The number of aromatic amines is 1. The van der Waals surface area contributed by atoms with Crippen molar-refractivity contribution in [1.82, 2.24) is 25.2 Å². The van der Waals surface area contributed by atoms with Crippen LogP contribution in [-0.4, -0.2) is 33.6 Å². The van der Waals surface area contributed by atoms with E-state index in [0.29, 0.717) is 12.2 Å². The zero-order valence-corrected chi connectivity index (χ0v) is 17.8. The van der Waals surface area contributed by atoms with Gasteiger partial charge in [0.15, 0.2) is 5.96 Å². The number of imidazole rings is 1. The van der Waals surface area contributed by atoms with Gasteiger partial charge in [-0.25, -0.2) is 14.4 Å². The fraction of sp³-hybridized carbons (Fsp3) is 0.250. The van der Waals surface area contributed by atoms with Gasteiger partial charge >= 0.3 is 0 Å². The van der Waals surface area contributed by atoms with Crippen LogP contribution in [-0.2, 0) is 13.0 Å². The number of nitrogens with zero attached hydrogens (tertiary/aromatic N) is 3. The highest BCUT2D eigenvalue weighted by Gasteiger charge is 2.08. The van der Waals surface area contributed by atoms with Gasteiger partial charge in [-0.1, -0.05) is 24.3 Å². The van der Waals surface area contributed by atoms with Crippen LogP contribution >= 0.6 is 0 Å². The Morgan fingerprint density at radius 1 is 1.19 bits per heavy atom. The number of hydrogen-bond donors (Lipinski definition) is 3. The number of aromatic nitrogens is 3. The fourth-order valence-corrected chi connectivity index (χ4v) is 3.64. The predicted octanol–water partition coefficient (Wildman–Crippen LogP) is 4.10. The van der Waals surface area contributed by atoms with Gasteiger partial charge in [0.05, 0.1) is 12.2 Å². The summed E-state index contributed by atoms with van der Waals surface area (Å²) in [4.78, 5) is 12.1. The highest BCUT2D eigenvalue weighted by molar-refractivity contribution is 5.83. The van der Waals surface area contributed by atoms with Crippen LogP contribution in [0.2, 0.25) is 0 Å². The van der Waals surface area contributed by atoms with Crippen LogP contribution in [0, 0.1) is 12.7 Å². The first-order chi connectivity index (χ1) is 15.2. The largest absolute Gasteiger partial charge is 0.361 e. The smallest absolute Gasteiger partial charge is 0.191 e. The normalized spacial score (nSPS) is 11.8. The van der Waals surface area contributed by atoms with Gasteiger partial charge in [0.25, 0.3) is 0 Å². The van der Waals surface area contributed by atoms with E-state index in [2.05, 4.69) is 50.0 Å². The number of aryl methyl sites for hydroxylation is 1. The highest BCUT2D eigenvalue weighted by atomic mass is 19.1. The van der Waals surface area contributed by atoms with Crippen LogP contribution < -0.4 is 10.6 Å². The molecule has 2 heterocycles. The molecule has 31 heavy (non-hydrogen) atoms. The Kier molecular flexibility index (Phi) is 6.31. The number of fused-ring (bicyclic) bond motifs is 1. The molecule has 0 saturated heterocycles. The summed E-state index contributed by atoms with van der Waals surface area (Å²) in [5, 5.41) is 7.86. The minimum Gasteiger partial charge on any atom is -0.361 e. The molecule has 6 nitrogen and oxygen atoms in total. The second-order valence-electron chi connectivity index (χ2n) is 7.36. The summed E-state index contributed by atoms with van der Waals surface area (Å²) in [7, 11) is 0. The van der Waals surface area contributed by atoms with E-state index >= 15 is 0 Å². The van der Waals surface area contributed by atoms with E-state index in [-0.39, 0.29) is 5.82 Å². The molecular formula is C24H27FN6. The lowest BCUT2D eigenvalue weighted by Crippen LogP contribution is -2.38. The van der Waals surface area contributed by atoms with Crippen LogP contribution in [0.5, 0.6) is 0 Å². The first-order valence-corrected chi connectivity index (χ1v) is 10.5. The summed E-state index contributed by atoms with van der Waals surface area (Å²) in [5.74, 6) is 1.18. The number of benzene rings is 2. The maximum absolute atomic E-state index is 14.6. The van der Waals surface area contributed by atoms with E-state index in [1.165, 1.54) is 17.0 Å². The van der Waals surface area contributed by atoms with Crippen LogP contribution in [0.3, 0.4) is 0 Å². The molecule has 4 aromatic rings. The van der Waals surface area contributed by atoms with Gasteiger partial charge in [0.1, 0.15) is 11.6 Å². The summed E-state index contributed by atoms with van der Waals surface area (Å²) in [5.41, 5.74) is 3.72. The lowest BCUT2D eigenvalue weighted by Gasteiger charge is -2.12. The summed E-state index contributed by atoms with van der Waals surface area (Å²) in [6.07, 6.45) is 6.36. The standard InChI is InChI=1S/C24H27FN6/c1-3-26-24(28-11-10-19-16-29-22-7-5-4-6-20(19)22)30-15-18-8-9-23(21(25)14-18)31-13-12-27-17(31)2/h4-9,12-14,16,29H,3,10-11,15H2,1-2H3,(H2,26,28,30). The van der Waals surface area contributed by atoms with Crippen molar-refractivity contribution in [3.8, 4) is 5.69 Å². The lowest BCUT2D eigenvalue weighted by atomic mass is 10.1. The third-order valence-electron chi connectivity index (χ3n) is 5.22. The van der Waals surface area contributed by atoms with Gasteiger partial charge in [-0.3, -0.25) is 0 Å². The van der Waals surface area contributed by atoms with E-state index in [1.54, 1.807) is 23.0 Å². The molecule has 0 radical (unpaired) electrons. The molecule has 2 aromatic heterocycles. The number of nitrogens with one attached hydrogen (secondary N) is 3. The molecule has 0 saturated carbocycles. The molecule has 0 bridgehead atoms. The van der Waals surface area contributed by atoms with E-state index < -0.39 is 0 Å². The van der Waals surface area contributed by atoms with Crippen molar-refractivity contribution in [2.24, 2.45) is 4.99 Å². The van der Waals surface area contributed by atoms with Gasteiger partial charge in [0.2, 0.25) is 0 Å². The van der Waals surface area contributed by atoms with Gasteiger partial charge in [-0.05, 0) is 49.6 Å². The van der Waals surface area contributed by atoms with E-state index in [4.69, 9.17) is 0 Å². The SMILES string of the molecule is CCNC(=NCc1ccc(-n2ccnc2C)c(F)c1)NCCc1c[nH]c2ccccc12. The predicted molar refractivity (Wildman–Crippen MR) is 123 cm³/mol. The molecule has 160 valence electrons. The molecule has 0 amide bonds. The topological polar surface area (TPSA) is 70.0 Å². The average Bonchev–Trinajstić information content (AvgIpc) is 3.38. The zero-order valence-electron chi connectivity index (χ0n) is 17.8. The van der Waals surface area contributed by atoms with Crippen molar-refractivity contribution in [2.75, 3.05) is 13.1 Å².